The molecule has 4 heteroatoms. The fraction of sp³-hybridized carbons (Fsp3) is 0.333. The maximum absolute atomic E-state index is 11.2. The van der Waals surface area contributed by atoms with Gasteiger partial charge in [0, 0.05) is 12.5 Å². The van der Waals surface area contributed by atoms with Crippen LogP contribution >= 0.6 is 0 Å². The largest absolute Gasteiger partial charge is 0.490 e. The summed E-state index contributed by atoms with van der Waals surface area (Å²) in [6.45, 7) is 3.02. The first-order valence-corrected chi connectivity index (χ1v) is 3.76. The van der Waals surface area contributed by atoms with Gasteiger partial charge in [0.25, 0.3) is 0 Å². The molecule has 0 aliphatic rings. The summed E-state index contributed by atoms with van der Waals surface area (Å²) in [5, 5.41) is 0. The Labute approximate surface area is 75.1 Å². The summed E-state index contributed by atoms with van der Waals surface area (Å²) in [4.78, 5) is 22.0. The van der Waals surface area contributed by atoms with E-state index in [0.29, 0.717) is 5.56 Å². The molecule has 0 N–H and O–H groups in total. The van der Waals surface area contributed by atoms with Crippen molar-refractivity contribution >= 4 is 5.78 Å². The van der Waals surface area contributed by atoms with Crippen LogP contribution in [0.2, 0.25) is 0 Å². The summed E-state index contributed by atoms with van der Waals surface area (Å²) in [6, 6.07) is 1.49. The van der Waals surface area contributed by atoms with Crippen molar-refractivity contribution < 1.29 is 13.9 Å². The van der Waals surface area contributed by atoms with E-state index in [1.54, 1.807) is 6.92 Å². The molecule has 13 heavy (non-hydrogen) atoms. The molecule has 4 nitrogen and oxygen atoms in total. The summed E-state index contributed by atoms with van der Waals surface area (Å²) in [5.41, 5.74) is -0.0170. The van der Waals surface area contributed by atoms with Gasteiger partial charge in [0.2, 0.25) is 5.75 Å². The molecule has 0 unspecified atom stereocenters. The molecule has 0 atom stereocenters. The monoisotopic (exact) mass is 182 g/mol. The minimum absolute atomic E-state index is 0.0586. The molecule has 1 aromatic heterocycles. The van der Waals surface area contributed by atoms with Crippen LogP contribution in [0.15, 0.2) is 15.3 Å². The number of hydrogen-bond donors (Lipinski definition) is 0. The third-order valence-corrected chi connectivity index (χ3v) is 1.64. The maximum atomic E-state index is 11.2. The van der Waals surface area contributed by atoms with Crippen molar-refractivity contribution in [1.82, 2.24) is 0 Å². The van der Waals surface area contributed by atoms with E-state index < -0.39 is 5.63 Å². The van der Waals surface area contributed by atoms with Crippen molar-refractivity contribution in [3.63, 3.8) is 0 Å². The van der Waals surface area contributed by atoms with Crippen LogP contribution in [0.25, 0.3) is 0 Å². The molecule has 0 spiro atoms. The Kier molecular flexibility index (Phi) is 2.51. The quantitative estimate of drug-likeness (QED) is 0.644. The molecule has 0 bridgehead atoms. The Balaban J connectivity index is 3.37. The van der Waals surface area contributed by atoms with Gasteiger partial charge >= 0.3 is 5.63 Å². The number of aryl methyl sites for hydroxylation is 1. The molecular formula is C9H10O4. The molecule has 0 aromatic carbocycles. The van der Waals surface area contributed by atoms with Crippen molar-refractivity contribution in [3.05, 3.63) is 27.8 Å². The molecule has 0 saturated heterocycles. The van der Waals surface area contributed by atoms with Crippen LogP contribution in [-0.2, 0) is 0 Å². The summed E-state index contributed by atoms with van der Waals surface area (Å²) < 4.78 is 9.50. The topological polar surface area (TPSA) is 56.5 Å². The molecule has 0 fully saturated rings. The minimum Gasteiger partial charge on any atom is -0.490 e. The highest BCUT2D eigenvalue weighted by Gasteiger charge is 2.10. The van der Waals surface area contributed by atoms with Crippen molar-refractivity contribution in [2.75, 3.05) is 7.11 Å². The number of ketones is 1. The molecule has 0 aliphatic carbocycles. The van der Waals surface area contributed by atoms with Crippen molar-refractivity contribution in [2.45, 2.75) is 13.8 Å². The second-order valence-corrected chi connectivity index (χ2v) is 2.67. The average molecular weight is 182 g/mol. The lowest BCUT2D eigenvalue weighted by Gasteiger charge is -2.02. The van der Waals surface area contributed by atoms with E-state index in [2.05, 4.69) is 0 Å². The average Bonchev–Trinajstić information content (AvgIpc) is 2.03. The zero-order valence-corrected chi connectivity index (χ0v) is 7.71. The highest BCUT2D eigenvalue weighted by molar-refractivity contribution is 5.91. The Morgan fingerprint density at radius 2 is 2.15 bits per heavy atom. The van der Waals surface area contributed by atoms with Crippen molar-refractivity contribution in [1.29, 1.82) is 0 Å². The van der Waals surface area contributed by atoms with Crippen LogP contribution in [0, 0.1) is 6.92 Å². The van der Waals surface area contributed by atoms with Gasteiger partial charge in [-0.1, -0.05) is 0 Å². The van der Waals surface area contributed by atoms with E-state index >= 15 is 0 Å². The second-order valence-electron chi connectivity index (χ2n) is 2.67. The van der Waals surface area contributed by atoms with Gasteiger partial charge in [-0.05, 0) is 13.0 Å². The maximum Gasteiger partial charge on any atom is 0.379 e. The Hall–Kier alpha value is -1.58. The van der Waals surface area contributed by atoms with Gasteiger partial charge in [0.15, 0.2) is 11.5 Å². The van der Waals surface area contributed by atoms with Gasteiger partial charge in [-0.25, -0.2) is 4.79 Å². The fourth-order valence-electron chi connectivity index (χ4n) is 1.02. The van der Waals surface area contributed by atoms with Crippen LogP contribution in [0.4, 0.5) is 0 Å². The van der Waals surface area contributed by atoms with Crippen LogP contribution < -0.4 is 10.4 Å². The van der Waals surface area contributed by atoms with Crippen LogP contribution in [0.3, 0.4) is 0 Å². The van der Waals surface area contributed by atoms with Crippen LogP contribution in [0.1, 0.15) is 23.0 Å². The van der Waals surface area contributed by atoms with Gasteiger partial charge in [-0.3, -0.25) is 4.79 Å². The van der Waals surface area contributed by atoms with Gasteiger partial charge in [0.05, 0.1) is 7.11 Å². The first kappa shape index (κ1) is 9.51. The molecule has 0 amide bonds. The predicted molar refractivity (Wildman–Crippen MR) is 46.3 cm³/mol. The van der Waals surface area contributed by atoms with E-state index in [1.165, 1.54) is 20.1 Å². The number of carbonyl (C=O) groups excluding carboxylic acids is 1. The van der Waals surface area contributed by atoms with E-state index in [9.17, 15) is 9.59 Å². The zero-order valence-electron chi connectivity index (χ0n) is 7.71. The Morgan fingerprint density at radius 1 is 1.54 bits per heavy atom. The lowest BCUT2D eigenvalue weighted by molar-refractivity contribution is 0.0981. The van der Waals surface area contributed by atoms with Gasteiger partial charge < -0.3 is 9.15 Å². The molecule has 0 radical (unpaired) electrons. The summed E-state index contributed by atoms with van der Waals surface area (Å²) >= 11 is 0. The third-order valence-electron chi connectivity index (χ3n) is 1.64. The normalized spacial score (nSPS) is 9.77. The van der Waals surface area contributed by atoms with E-state index in [1.807, 2.05) is 0 Å². The molecular weight excluding hydrogens is 172 g/mol. The van der Waals surface area contributed by atoms with Crippen LogP contribution in [-0.4, -0.2) is 12.9 Å². The number of rotatable bonds is 2. The fourth-order valence-corrected chi connectivity index (χ4v) is 1.02. The summed E-state index contributed by atoms with van der Waals surface area (Å²) in [7, 11) is 1.38. The molecule has 1 heterocycles. The number of hydrogen-bond acceptors (Lipinski definition) is 4. The van der Waals surface area contributed by atoms with E-state index in [4.69, 9.17) is 9.15 Å². The SMILES string of the molecule is COc1c(C)cc(C(C)=O)oc1=O. The van der Waals surface area contributed by atoms with Gasteiger partial charge in [-0.2, -0.15) is 0 Å². The summed E-state index contributed by atoms with van der Waals surface area (Å²) in [5.74, 6) is -0.0730. The Bertz CT molecular complexity index is 389. The Morgan fingerprint density at radius 3 is 2.54 bits per heavy atom. The number of ether oxygens (including phenoxy) is 1. The van der Waals surface area contributed by atoms with E-state index in [-0.39, 0.29) is 17.3 Å². The third kappa shape index (κ3) is 1.77. The van der Waals surface area contributed by atoms with Gasteiger partial charge in [-0.15, -0.1) is 0 Å². The number of carbonyl (C=O) groups is 1. The molecule has 0 saturated carbocycles. The predicted octanol–water partition coefficient (Wildman–Crippen LogP) is 1.16. The van der Waals surface area contributed by atoms with Crippen molar-refractivity contribution in [3.8, 4) is 5.75 Å². The molecule has 70 valence electrons. The first-order chi connectivity index (χ1) is 6.06. The lowest BCUT2D eigenvalue weighted by atomic mass is 10.2. The minimum atomic E-state index is -0.618. The van der Waals surface area contributed by atoms with Gasteiger partial charge in [0.1, 0.15) is 0 Å². The smallest absolute Gasteiger partial charge is 0.379 e. The lowest BCUT2D eigenvalue weighted by Crippen LogP contribution is -2.09. The van der Waals surface area contributed by atoms with Crippen LogP contribution in [0.5, 0.6) is 5.75 Å². The number of Topliss-reactive ketones (excluding diaryl/α,β-unsaturated/α-hetero) is 1. The standard InChI is InChI=1S/C9H10O4/c1-5-4-7(6(2)10)13-9(11)8(5)12-3/h4H,1-3H3. The number of methoxy groups -OCH3 is 1. The second kappa shape index (κ2) is 3.43. The van der Waals surface area contributed by atoms with Crippen molar-refractivity contribution in [2.24, 2.45) is 0 Å². The molecule has 1 aromatic rings. The highest BCUT2D eigenvalue weighted by Crippen LogP contribution is 2.13. The van der Waals surface area contributed by atoms with E-state index in [0.717, 1.165) is 0 Å². The molecule has 0 aliphatic heterocycles. The molecule has 1 rings (SSSR count). The first-order valence-electron chi connectivity index (χ1n) is 3.76. The zero-order chi connectivity index (χ0) is 10.0. The summed E-state index contributed by atoms with van der Waals surface area (Å²) in [6.07, 6.45) is 0. The highest BCUT2D eigenvalue weighted by atomic mass is 16.5.